The van der Waals surface area contributed by atoms with Crippen molar-refractivity contribution in [2.75, 3.05) is 62.2 Å². The monoisotopic (exact) mass is 1340 g/mol. The second-order valence-corrected chi connectivity index (χ2v) is 28.0. The number of nitrogens with one attached hydrogen (secondary N) is 2. The van der Waals surface area contributed by atoms with Gasteiger partial charge in [0, 0.05) is 129 Å². The lowest BCUT2D eigenvalue weighted by Crippen LogP contribution is -2.44. The van der Waals surface area contributed by atoms with Crippen LogP contribution in [0.5, 0.6) is 0 Å². The Morgan fingerprint density at radius 2 is 0.967 bits per heavy atom. The summed E-state index contributed by atoms with van der Waals surface area (Å²) in [5.74, 6) is 2.31. The van der Waals surface area contributed by atoms with Crippen molar-refractivity contribution in [3.63, 3.8) is 0 Å². The minimum absolute atomic E-state index is 0.0481. The number of hydrogen-bond donors (Lipinski definition) is 2. The molecule has 11 aromatic heterocycles. The third-order valence-corrected chi connectivity index (χ3v) is 20.9. The number of hydrogen-bond acceptors (Lipinski definition) is 24. The van der Waals surface area contributed by atoms with Gasteiger partial charge in [0.25, 0.3) is 16.7 Å². The van der Waals surface area contributed by atoms with Crippen molar-refractivity contribution in [3.05, 3.63) is 187 Å². The number of nitrogens with zero attached hydrogens (tertiary/aromatic N) is 16. The van der Waals surface area contributed by atoms with E-state index in [-0.39, 0.29) is 27.4 Å². The van der Waals surface area contributed by atoms with Crippen LogP contribution in [0.3, 0.4) is 0 Å². The summed E-state index contributed by atoms with van der Waals surface area (Å²) in [6, 6.07) is 21.5. The maximum atomic E-state index is 12.8. The molecule has 12 heterocycles. The van der Waals surface area contributed by atoms with E-state index in [9.17, 15) is 23.4 Å². The number of H-pyrrole nitrogens is 1. The number of thiazole rings is 3. The molecule has 1 saturated heterocycles. The van der Waals surface area contributed by atoms with Gasteiger partial charge in [-0.25, -0.2) is 49.8 Å². The maximum absolute atomic E-state index is 12.8. The Balaban J connectivity index is 0.000000118. The van der Waals surface area contributed by atoms with Crippen LogP contribution in [-0.4, -0.2) is 135 Å². The number of anilines is 3. The molecule has 4 aliphatic rings. The van der Waals surface area contributed by atoms with Gasteiger partial charge in [-0.2, -0.15) is 4.98 Å². The van der Waals surface area contributed by atoms with Gasteiger partial charge >= 0.3 is 0 Å². The first kappa shape index (κ1) is 62.5. The third-order valence-electron chi connectivity index (χ3n) is 16.0. The number of pyridine rings is 4. The normalized spacial score (nSPS) is 15.2. The molecule has 0 amide bonds. The van der Waals surface area contributed by atoms with Gasteiger partial charge in [-0.3, -0.25) is 37.1 Å². The summed E-state index contributed by atoms with van der Waals surface area (Å²) in [6.07, 6.45) is 19.5. The Hall–Kier alpha value is -8.32. The zero-order valence-corrected chi connectivity index (χ0v) is 55.4. The fourth-order valence-corrected chi connectivity index (χ4v) is 14.6. The van der Waals surface area contributed by atoms with Crippen LogP contribution in [0.1, 0.15) is 88.0 Å². The Labute approximate surface area is 549 Å². The first-order chi connectivity index (χ1) is 44.8. The van der Waals surface area contributed by atoms with Crippen LogP contribution < -0.4 is 32.5 Å². The lowest BCUT2D eigenvalue weighted by molar-refractivity contribution is 0.313. The van der Waals surface area contributed by atoms with E-state index in [2.05, 4.69) is 101 Å². The molecule has 1 unspecified atom stereocenters. The molecule has 1 atom stereocenters. The molecule has 16 rings (SSSR count). The molecule has 0 spiro atoms. The number of likely N-dealkylation sites (N-methyl/N-ethyl adjacent to an activating group) is 1. The zero-order valence-electron chi connectivity index (χ0n) is 50.5. The number of benzene rings is 1. The Morgan fingerprint density at radius 1 is 0.522 bits per heavy atom. The van der Waals surface area contributed by atoms with Crippen LogP contribution in [0, 0.1) is 0 Å². The van der Waals surface area contributed by atoms with Crippen LogP contribution in [0.2, 0.25) is 0 Å². The van der Waals surface area contributed by atoms with Gasteiger partial charge in [0.1, 0.15) is 22.6 Å². The van der Waals surface area contributed by atoms with E-state index in [1.807, 2.05) is 29.0 Å². The van der Waals surface area contributed by atoms with Crippen molar-refractivity contribution in [3.8, 4) is 0 Å². The average molecular weight is 1340 g/mol. The molecule has 0 radical (unpaired) electrons. The van der Waals surface area contributed by atoms with Crippen molar-refractivity contribution in [1.29, 1.82) is 0 Å². The Bertz CT molecular complexity index is 4930. The van der Waals surface area contributed by atoms with Crippen LogP contribution in [0.15, 0.2) is 149 Å². The molecule has 1 aliphatic heterocycles. The minimum Gasteiger partial charge on any atom is -0.369 e. The first-order valence-electron chi connectivity index (χ1n) is 29.8. The molecule has 2 N–H and O–H groups in total. The second kappa shape index (κ2) is 27.9. The number of rotatable bonds is 15. The summed E-state index contributed by atoms with van der Waals surface area (Å²) in [7, 11) is 0.872. The molecule has 29 heteroatoms. The van der Waals surface area contributed by atoms with E-state index >= 15 is 0 Å². The minimum atomic E-state index is -1.29. The fourth-order valence-electron chi connectivity index (χ4n) is 10.6. The fraction of sp³-hybridized carbons (Fsp3) is 0.317. The summed E-state index contributed by atoms with van der Waals surface area (Å²) in [5.41, 5.74) is 12.6. The second-order valence-electron chi connectivity index (χ2n) is 22.5. The third kappa shape index (κ3) is 14.6. The van der Waals surface area contributed by atoms with Crippen molar-refractivity contribution in [2.45, 2.75) is 91.4 Å². The van der Waals surface area contributed by atoms with E-state index in [4.69, 9.17) is 4.98 Å². The predicted octanol–water partition coefficient (Wildman–Crippen LogP) is 9.52. The van der Waals surface area contributed by atoms with E-state index in [1.165, 1.54) is 101 Å². The molecule has 92 heavy (non-hydrogen) atoms. The number of thioether (sulfide) groups is 2. The molecule has 3 saturated carbocycles. The van der Waals surface area contributed by atoms with Gasteiger partial charge in [0.2, 0.25) is 16.7 Å². The van der Waals surface area contributed by atoms with Crippen LogP contribution in [0.25, 0.3) is 44.1 Å². The van der Waals surface area contributed by atoms with Crippen LogP contribution in [0.4, 0.5) is 17.3 Å². The molecular formula is C63H62N18O5S6. The number of aromatic amines is 1. The lowest BCUT2D eigenvalue weighted by Gasteiger charge is -2.34. The van der Waals surface area contributed by atoms with Gasteiger partial charge in [-0.1, -0.05) is 23.5 Å². The van der Waals surface area contributed by atoms with Gasteiger partial charge < -0.3 is 20.1 Å². The van der Waals surface area contributed by atoms with E-state index in [1.54, 1.807) is 109 Å². The summed E-state index contributed by atoms with van der Waals surface area (Å²) in [4.78, 5) is 108. The Kier molecular flexibility index (Phi) is 18.9. The first-order valence-corrected chi connectivity index (χ1v) is 36.4. The Morgan fingerprint density at radius 3 is 1.46 bits per heavy atom. The molecule has 23 nitrogen and oxygen atoms in total. The van der Waals surface area contributed by atoms with Gasteiger partial charge in [0.05, 0.1) is 64.0 Å². The average Bonchev–Trinajstić information content (AvgIpc) is 1.69. The lowest BCUT2D eigenvalue weighted by atomic mass is 10.2. The van der Waals surface area contributed by atoms with E-state index in [0.29, 0.717) is 76.2 Å². The van der Waals surface area contributed by atoms with E-state index < -0.39 is 10.8 Å². The maximum Gasteiger partial charge on any atom is 0.252 e. The van der Waals surface area contributed by atoms with E-state index in [0.717, 1.165) is 70.5 Å². The highest BCUT2D eigenvalue weighted by Crippen LogP contribution is 2.45. The van der Waals surface area contributed by atoms with Gasteiger partial charge in [0.15, 0.2) is 10.3 Å². The highest BCUT2D eigenvalue weighted by Gasteiger charge is 2.31. The quantitative estimate of drug-likeness (QED) is 0.0714. The molecule has 4 fully saturated rings. The van der Waals surface area contributed by atoms with Crippen molar-refractivity contribution in [1.82, 2.24) is 78.4 Å². The summed E-state index contributed by atoms with van der Waals surface area (Å²) in [5, 5.41) is 8.17. The molecule has 0 bridgehead atoms. The molecule has 12 aromatic rings. The molecular weight excluding hydrogens is 1280 g/mol. The van der Waals surface area contributed by atoms with Crippen LogP contribution in [-0.2, 0) is 30.4 Å². The predicted molar refractivity (Wildman–Crippen MR) is 366 cm³/mol. The highest BCUT2D eigenvalue weighted by molar-refractivity contribution is 7.98. The molecule has 3 aliphatic carbocycles. The number of fused-ring (bicyclic) bond motifs is 4. The number of piperazine rings is 1. The zero-order chi connectivity index (χ0) is 63.4. The van der Waals surface area contributed by atoms with Gasteiger partial charge in [-0.15, -0.1) is 34.0 Å². The summed E-state index contributed by atoms with van der Waals surface area (Å²) in [6.45, 7) is 5.54. The van der Waals surface area contributed by atoms with Crippen molar-refractivity contribution < 1.29 is 4.21 Å². The highest BCUT2D eigenvalue weighted by atomic mass is 32.2. The SMILES string of the molecule is CN1CCN(c2ccc(Nc3ncc4ccc(=O)n(Cc5ncsc5C5CC5)c4n3)cc2)CC1.CS(=O)c1ncc2ccc(=O)n(Cc3ncsc3C3CC3)c2n1.CSc1ncc2ccc(=O)[nH]c2n1.CSc1ncc2ccc(=O)n(Cc3ncsc3C3CC3)c2n1. The standard InChI is InChI=1S/C25H27N7OS.C15H14N4O2S2.C15H14N4OS2.C8H7N3OS/c1-30-10-12-31(13-11-30)20-7-5-19(6-8-20)28-25-26-14-18-4-9-22(33)32(24(18)29-25)15-21-23(17-2-3-17)34-16-27-21;1-23(21)15-16-6-10-4-5-12(20)19(14(10)18-15)7-11-13(9-2-3-9)22-8-17-11;1-21-15-16-6-10-4-5-12(20)19(14(10)18-15)7-11-13(9-2-3-9)22-8-17-11;1-13-8-9-4-5-2-3-6(12)10-7(5)11-8/h4-9,14,16-17H,2-3,10-13,15H2,1H3,(H,26,28,29);4-6,8-9H,2-3,7H2,1H3;4-6,8-9H,2-3,7H2,1H3;2-4H,1H3,(H,9,10,11,12). The van der Waals surface area contributed by atoms with Crippen molar-refractivity contribution >= 4 is 130 Å². The summed E-state index contributed by atoms with van der Waals surface area (Å²) >= 11 is 7.95. The van der Waals surface area contributed by atoms with Crippen molar-refractivity contribution in [2.24, 2.45) is 0 Å². The largest absolute Gasteiger partial charge is 0.369 e. The smallest absolute Gasteiger partial charge is 0.252 e. The summed E-state index contributed by atoms with van der Waals surface area (Å²) < 4.78 is 16.6. The molecule has 1 aromatic carbocycles. The topological polar surface area (TPSA) is 276 Å². The molecule has 470 valence electrons. The van der Waals surface area contributed by atoms with Gasteiger partial charge in [-0.05, 0) is 124 Å². The number of aromatic nitrogens is 15. The van der Waals surface area contributed by atoms with Crippen LogP contribution >= 0.6 is 57.5 Å².